The molecule has 0 saturated carbocycles. The number of carbonyl (C=O) groups excluding carboxylic acids is 2. The van der Waals surface area contributed by atoms with Crippen LogP contribution in [-0.2, 0) is 16.0 Å². The van der Waals surface area contributed by atoms with Crippen LogP contribution in [-0.4, -0.2) is 35.5 Å². The Hall–Kier alpha value is -2.41. The van der Waals surface area contributed by atoms with Gasteiger partial charge in [0.1, 0.15) is 5.75 Å². The highest BCUT2D eigenvalue weighted by Gasteiger charge is 2.34. The summed E-state index contributed by atoms with van der Waals surface area (Å²) >= 11 is 1.58. The molecule has 0 radical (unpaired) electrons. The zero-order valence-corrected chi connectivity index (χ0v) is 18.3. The Morgan fingerprint density at radius 3 is 2.66 bits per heavy atom. The molecule has 1 atom stereocenters. The third-order valence-electron chi connectivity index (χ3n) is 5.09. The van der Waals surface area contributed by atoms with E-state index in [1.54, 1.807) is 22.3 Å². The van der Waals surface area contributed by atoms with E-state index in [1.165, 1.54) is 0 Å². The Labute approximate surface area is 176 Å². The average molecular weight is 416 g/mol. The van der Waals surface area contributed by atoms with Crippen molar-refractivity contribution in [1.82, 2.24) is 10.3 Å². The van der Waals surface area contributed by atoms with Gasteiger partial charge in [-0.3, -0.25) is 9.59 Å². The molecule has 6 nitrogen and oxygen atoms in total. The van der Waals surface area contributed by atoms with Gasteiger partial charge in [-0.2, -0.15) is 0 Å². The normalized spacial score (nSPS) is 15.9. The molecule has 0 spiro atoms. The van der Waals surface area contributed by atoms with Crippen molar-refractivity contribution in [2.24, 2.45) is 0 Å². The molecule has 1 aromatic heterocycles. The van der Waals surface area contributed by atoms with E-state index >= 15 is 0 Å². The first-order chi connectivity index (χ1) is 13.9. The van der Waals surface area contributed by atoms with Gasteiger partial charge in [0, 0.05) is 17.3 Å². The van der Waals surface area contributed by atoms with E-state index < -0.39 is 6.10 Å². The lowest BCUT2D eigenvalue weighted by Gasteiger charge is -2.34. The number of para-hydroxylation sites is 2. The predicted molar refractivity (Wildman–Crippen MR) is 116 cm³/mol. The van der Waals surface area contributed by atoms with Crippen LogP contribution in [0.1, 0.15) is 57.2 Å². The lowest BCUT2D eigenvalue weighted by molar-refractivity contribution is -0.129. The second-order valence-electron chi connectivity index (χ2n) is 7.61. The second-order valence-corrected chi connectivity index (χ2v) is 8.50. The van der Waals surface area contributed by atoms with Gasteiger partial charge in [-0.1, -0.05) is 39.8 Å². The van der Waals surface area contributed by atoms with Gasteiger partial charge in [0.25, 0.3) is 5.91 Å². The van der Waals surface area contributed by atoms with Crippen molar-refractivity contribution in [3.63, 3.8) is 0 Å². The van der Waals surface area contributed by atoms with E-state index in [-0.39, 0.29) is 30.8 Å². The molecule has 7 heteroatoms. The van der Waals surface area contributed by atoms with E-state index in [4.69, 9.17) is 4.74 Å². The van der Waals surface area contributed by atoms with Crippen molar-refractivity contribution >= 4 is 28.8 Å². The third kappa shape index (κ3) is 4.96. The van der Waals surface area contributed by atoms with E-state index in [0.717, 1.165) is 23.5 Å². The van der Waals surface area contributed by atoms with Gasteiger partial charge in [-0.25, -0.2) is 4.98 Å². The van der Waals surface area contributed by atoms with Gasteiger partial charge in [-0.05, 0) is 25.0 Å². The van der Waals surface area contributed by atoms with Crippen molar-refractivity contribution in [1.29, 1.82) is 0 Å². The molecule has 1 unspecified atom stereocenters. The quantitative estimate of drug-likeness (QED) is 0.744. The molecular formula is C22H29N3O3S. The van der Waals surface area contributed by atoms with Crippen LogP contribution in [0.3, 0.4) is 0 Å². The monoisotopic (exact) mass is 415 g/mol. The number of hydrogen-bond donors (Lipinski definition) is 1. The zero-order valence-electron chi connectivity index (χ0n) is 17.5. The van der Waals surface area contributed by atoms with Gasteiger partial charge < -0.3 is 15.0 Å². The van der Waals surface area contributed by atoms with E-state index in [1.807, 2.05) is 37.4 Å². The number of benzene rings is 1. The van der Waals surface area contributed by atoms with Crippen molar-refractivity contribution in [3.05, 3.63) is 40.3 Å². The fourth-order valence-electron chi connectivity index (χ4n) is 3.31. The average Bonchev–Trinajstić information content (AvgIpc) is 3.19. The molecule has 2 amide bonds. The Morgan fingerprint density at radius 1 is 1.28 bits per heavy atom. The number of nitrogens with zero attached hydrogens (tertiary/aromatic N) is 2. The molecule has 1 N–H and O–H groups in total. The summed E-state index contributed by atoms with van der Waals surface area (Å²) in [5.41, 5.74) is 1.47. The predicted octanol–water partition coefficient (Wildman–Crippen LogP) is 3.91. The molecule has 1 aromatic carbocycles. The first-order valence-electron chi connectivity index (χ1n) is 10.2. The van der Waals surface area contributed by atoms with Gasteiger partial charge in [0.05, 0.1) is 29.4 Å². The Balaban J connectivity index is 1.78. The van der Waals surface area contributed by atoms with E-state index in [2.05, 4.69) is 24.1 Å². The van der Waals surface area contributed by atoms with Crippen molar-refractivity contribution in [3.8, 4) is 5.75 Å². The Bertz CT molecular complexity index is 860. The minimum atomic E-state index is -0.726. The van der Waals surface area contributed by atoms with Crippen molar-refractivity contribution in [2.75, 3.05) is 11.4 Å². The maximum atomic E-state index is 13.1. The second kappa shape index (κ2) is 9.39. The minimum absolute atomic E-state index is 0.0818. The van der Waals surface area contributed by atoms with Crippen LogP contribution in [0.4, 0.5) is 5.69 Å². The number of thiazole rings is 1. The van der Waals surface area contributed by atoms with Crippen LogP contribution in [0, 0.1) is 0 Å². The third-order valence-corrected chi connectivity index (χ3v) is 6.29. The molecule has 0 saturated heterocycles. The number of rotatable bonds is 7. The van der Waals surface area contributed by atoms with Gasteiger partial charge in [0.2, 0.25) is 5.91 Å². The molecular weight excluding hydrogens is 386 g/mol. The highest BCUT2D eigenvalue weighted by molar-refractivity contribution is 7.09. The molecule has 29 heavy (non-hydrogen) atoms. The highest BCUT2D eigenvalue weighted by atomic mass is 32.1. The van der Waals surface area contributed by atoms with E-state index in [0.29, 0.717) is 17.4 Å². The number of fused-ring (bicyclic) bond motifs is 1. The molecule has 1 aliphatic rings. The Morgan fingerprint density at radius 2 is 2.00 bits per heavy atom. The minimum Gasteiger partial charge on any atom is -0.477 e. The number of ether oxygens (including phenoxy) is 1. The number of nitrogens with one attached hydrogen (secondary N) is 1. The standard InChI is InChI=1S/C22H29N3O3S/c1-5-15(6-2)23-21(27)19-12-25(17-9-7-8-10-18(17)28-19)20(26)11-16-13-29-22(24-16)14(3)4/h7-10,13-15,19H,5-6,11-12H2,1-4H3,(H,23,27). The summed E-state index contributed by atoms with van der Waals surface area (Å²) in [6.07, 6.45) is 1.20. The molecule has 0 aliphatic carbocycles. The number of amides is 2. The number of anilines is 1. The summed E-state index contributed by atoms with van der Waals surface area (Å²) in [7, 11) is 0. The molecule has 1 aliphatic heterocycles. The van der Waals surface area contributed by atoms with Crippen LogP contribution in [0.5, 0.6) is 5.75 Å². The first-order valence-corrected chi connectivity index (χ1v) is 11.1. The maximum Gasteiger partial charge on any atom is 0.263 e. The molecule has 0 fully saturated rings. The van der Waals surface area contributed by atoms with Crippen molar-refractivity contribution < 1.29 is 14.3 Å². The van der Waals surface area contributed by atoms with Crippen molar-refractivity contribution in [2.45, 2.75) is 65.0 Å². The molecule has 2 heterocycles. The van der Waals surface area contributed by atoms with Crippen LogP contribution in [0.25, 0.3) is 0 Å². The number of aromatic nitrogens is 1. The zero-order chi connectivity index (χ0) is 21.0. The fourth-order valence-corrected chi connectivity index (χ4v) is 4.15. The van der Waals surface area contributed by atoms with Gasteiger partial charge >= 0.3 is 0 Å². The van der Waals surface area contributed by atoms with E-state index in [9.17, 15) is 9.59 Å². The lowest BCUT2D eigenvalue weighted by Crippen LogP contribution is -2.52. The summed E-state index contributed by atoms with van der Waals surface area (Å²) in [4.78, 5) is 32.1. The largest absolute Gasteiger partial charge is 0.477 e. The highest BCUT2D eigenvalue weighted by Crippen LogP contribution is 2.33. The first kappa shape index (κ1) is 21.3. The number of hydrogen-bond acceptors (Lipinski definition) is 5. The summed E-state index contributed by atoms with van der Waals surface area (Å²) < 4.78 is 5.93. The topological polar surface area (TPSA) is 71.5 Å². The molecule has 2 aromatic rings. The summed E-state index contributed by atoms with van der Waals surface area (Å²) in [5.74, 6) is 0.632. The lowest BCUT2D eigenvalue weighted by atomic mass is 10.1. The SMILES string of the molecule is CCC(CC)NC(=O)C1CN(C(=O)Cc2csc(C(C)C)n2)c2ccccc2O1. The van der Waals surface area contributed by atoms with Crippen LogP contribution < -0.4 is 15.0 Å². The molecule has 156 valence electrons. The smallest absolute Gasteiger partial charge is 0.263 e. The van der Waals surface area contributed by atoms with Crippen LogP contribution >= 0.6 is 11.3 Å². The Kier molecular flexibility index (Phi) is 6.90. The molecule has 3 rings (SSSR count). The van der Waals surface area contributed by atoms with Crippen LogP contribution in [0.2, 0.25) is 0 Å². The van der Waals surface area contributed by atoms with Gasteiger partial charge in [-0.15, -0.1) is 11.3 Å². The fraction of sp³-hybridized carbons (Fsp3) is 0.500. The summed E-state index contributed by atoms with van der Waals surface area (Å²) in [5, 5.41) is 6.00. The summed E-state index contributed by atoms with van der Waals surface area (Å²) in [6.45, 7) is 8.46. The van der Waals surface area contributed by atoms with Gasteiger partial charge in [0.15, 0.2) is 6.10 Å². The van der Waals surface area contributed by atoms with Crippen LogP contribution in [0.15, 0.2) is 29.6 Å². The molecule has 0 bridgehead atoms. The number of carbonyl (C=O) groups is 2. The maximum absolute atomic E-state index is 13.1. The summed E-state index contributed by atoms with van der Waals surface area (Å²) in [6, 6.07) is 7.47.